The summed E-state index contributed by atoms with van der Waals surface area (Å²) in [5.74, 6) is 0.793. The summed E-state index contributed by atoms with van der Waals surface area (Å²) in [6.45, 7) is 5.85. The van der Waals surface area contributed by atoms with Crippen LogP contribution in [0.1, 0.15) is 24.3 Å². The standard InChI is InChI=1S/C10H13N3OS/c1-3-12(4-2)9-8(7-14)13-5-6-15-10(13)11-9/h5-7H,3-4H2,1-2H3. The van der Waals surface area contributed by atoms with E-state index in [1.54, 1.807) is 11.3 Å². The Morgan fingerprint density at radius 3 is 2.87 bits per heavy atom. The molecular weight excluding hydrogens is 210 g/mol. The van der Waals surface area contributed by atoms with Gasteiger partial charge in [-0.25, -0.2) is 4.98 Å². The van der Waals surface area contributed by atoms with Crippen molar-refractivity contribution in [2.24, 2.45) is 0 Å². The number of aldehydes is 1. The molecule has 2 rings (SSSR count). The molecule has 0 radical (unpaired) electrons. The first-order valence-electron chi connectivity index (χ1n) is 4.97. The predicted octanol–water partition coefficient (Wildman–Crippen LogP) is 2.05. The van der Waals surface area contributed by atoms with Gasteiger partial charge in [0, 0.05) is 24.7 Å². The average Bonchev–Trinajstić information content (AvgIpc) is 2.79. The normalized spacial score (nSPS) is 10.8. The second-order valence-electron chi connectivity index (χ2n) is 3.17. The monoisotopic (exact) mass is 223 g/mol. The first-order chi connectivity index (χ1) is 7.31. The van der Waals surface area contributed by atoms with Gasteiger partial charge in [0.05, 0.1) is 0 Å². The molecule has 2 aromatic rings. The van der Waals surface area contributed by atoms with Crippen molar-refractivity contribution in [1.82, 2.24) is 9.38 Å². The lowest BCUT2D eigenvalue weighted by Crippen LogP contribution is -2.23. The fraction of sp³-hybridized carbons (Fsp3) is 0.400. The van der Waals surface area contributed by atoms with Crippen LogP contribution in [0.5, 0.6) is 0 Å². The lowest BCUT2D eigenvalue weighted by molar-refractivity contribution is 0.111. The van der Waals surface area contributed by atoms with E-state index in [1.165, 1.54) is 0 Å². The molecule has 0 bridgehead atoms. The highest BCUT2D eigenvalue weighted by Gasteiger charge is 2.16. The Labute approximate surface area is 92.2 Å². The number of fused-ring (bicyclic) bond motifs is 1. The molecule has 0 aliphatic heterocycles. The van der Waals surface area contributed by atoms with Crippen LogP contribution >= 0.6 is 11.3 Å². The smallest absolute Gasteiger partial charge is 0.196 e. The summed E-state index contributed by atoms with van der Waals surface area (Å²) in [5, 5.41) is 1.93. The fourth-order valence-corrected chi connectivity index (χ4v) is 2.37. The molecule has 0 spiro atoms. The predicted molar refractivity (Wildman–Crippen MR) is 62.0 cm³/mol. The number of aromatic nitrogens is 2. The van der Waals surface area contributed by atoms with Gasteiger partial charge in [0.1, 0.15) is 5.69 Å². The van der Waals surface area contributed by atoms with Crippen molar-refractivity contribution >= 4 is 28.4 Å². The Morgan fingerprint density at radius 1 is 1.53 bits per heavy atom. The Kier molecular flexibility index (Phi) is 2.73. The SMILES string of the molecule is CCN(CC)c1nc2sccn2c1C=O. The number of anilines is 1. The number of nitrogens with zero attached hydrogens (tertiary/aromatic N) is 3. The Bertz CT molecular complexity index is 470. The van der Waals surface area contributed by atoms with Crippen LogP contribution in [0.3, 0.4) is 0 Å². The van der Waals surface area contributed by atoms with Gasteiger partial charge >= 0.3 is 0 Å². The Morgan fingerprint density at radius 2 is 2.27 bits per heavy atom. The van der Waals surface area contributed by atoms with E-state index in [0.717, 1.165) is 30.2 Å². The largest absolute Gasteiger partial charge is 0.355 e. The lowest BCUT2D eigenvalue weighted by Gasteiger charge is -2.18. The maximum atomic E-state index is 11.1. The Balaban J connectivity index is 2.58. The van der Waals surface area contributed by atoms with E-state index < -0.39 is 0 Å². The molecule has 0 saturated carbocycles. The van der Waals surface area contributed by atoms with Crippen LogP contribution in [0.25, 0.3) is 4.96 Å². The number of carbonyl (C=O) groups is 1. The maximum absolute atomic E-state index is 11.1. The van der Waals surface area contributed by atoms with Crippen molar-refractivity contribution in [3.8, 4) is 0 Å². The molecule has 0 saturated heterocycles. The van der Waals surface area contributed by atoms with Crippen molar-refractivity contribution < 1.29 is 4.79 Å². The van der Waals surface area contributed by atoms with Gasteiger partial charge in [0.15, 0.2) is 17.1 Å². The number of rotatable bonds is 4. The minimum absolute atomic E-state index is 0.648. The average molecular weight is 223 g/mol. The minimum Gasteiger partial charge on any atom is -0.355 e. The van der Waals surface area contributed by atoms with Crippen molar-refractivity contribution in [3.63, 3.8) is 0 Å². The molecule has 15 heavy (non-hydrogen) atoms. The van der Waals surface area contributed by atoms with Crippen LogP contribution in [0, 0.1) is 0 Å². The van der Waals surface area contributed by atoms with Gasteiger partial charge in [-0.1, -0.05) is 0 Å². The van der Waals surface area contributed by atoms with E-state index in [2.05, 4.69) is 23.7 Å². The summed E-state index contributed by atoms with van der Waals surface area (Å²) in [6, 6.07) is 0. The lowest BCUT2D eigenvalue weighted by atomic mass is 10.4. The van der Waals surface area contributed by atoms with Crippen molar-refractivity contribution in [2.75, 3.05) is 18.0 Å². The third-order valence-electron chi connectivity index (χ3n) is 2.45. The van der Waals surface area contributed by atoms with Gasteiger partial charge in [-0.15, -0.1) is 11.3 Å². The summed E-state index contributed by atoms with van der Waals surface area (Å²) < 4.78 is 1.84. The van der Waals surface area contributed by atoms with E-state index in [4.69, 9.17) is 0 Å². The van der Waals surface area contributed by atoms with E-state index in [9.17, 15) is 4.79 Å². The topological polar surface area (TPSA) is 37.6 Å². The third kappa shape index (κ3) is 1.52. The highest BCUT2D eigenvalue weighted by molar-refractivity contribution is 7.15. The van der Waals surface area contributed by atoms with E-state index in [1.807, 2.05) is 16.0 Å². The van der Waals surface area contributed by atoms with Gasteiger partial charge in [-0.05, 0) is 13.8 Å². The molecule has 0 amide bonds. The molecule has 0 aliphatic rings. The molecule has 0 unspecified atom stereocenters. The van der Waals surface area contributed by atoms with Crippen LogP contribution in [0.4, 0.5) is 5.82 Å². The van der Waals surface area contributed by atoms with Gasteiger partial charge in [0.2, 0.25) is 0 Å². The van der Waals surface area contributed by atoms with Gasteiger partial charge in [0.25, 0.3) is 0 Å². The number of imidazole rings is 1. The quantitative estimate of drug-likeness (QED) is 0.744. The van der Waals surface area contributed by atoms with Crippen molar-refractivity contribution in [3.05, 3.63) is 17.3 Å². The zero-order chi connectivity index (χ0) is 10.8. The molecule has 0 aliphatic carbocycles. The zero-order valence-electron chi connectivity index (χ0n) is 8.80. The highest BCUT2D eigenvalue weighted by atomic mass is 32.1. The summed E-state index contributed by atoms with van der Waals surface area (Å²) >= 11 is 1.54. The maximum Gasteiger partial charge on any atom is 0.196 e. The number of hydrogen-bond donors (Lipinski definition) is 0. The highest BCUT2D eigenvalue weighted by Crippen LogP contribution is 2.22. The summed E-state index contributed by atoms with van der Waals surface area (Å²) in [4.78, 5) is 18.5. The molecule has 4 nitrogen and oxygen atoms in total. The molecule has 0 aromatic carbocycles. The summed E-state index contributed by atoms with van der Waals surface area (Å²) in [6.07, 6.45) is 2.75. The van der Waals surface area contributed by atoms with Gasteiger partial charge in [-0.2, -0.15) is 0 Å². The van der Waals surface area contributed by atoms with Crippen LogP contribution < -0.4 is 4.90 Å². The second kappa shape index (κ2) is 4.02. The van der Waals surface area contributed by atoms with Crippen LogP contribution in [-0.4, -0.2) is 28.8 Å². The minimum atomic E-state index is 0.648. The summed E-state index contributed by atoms with van der Waals surface area (Å²) in [5.41, 5.74) is 0.648. The molecule has 2 heterocycles. The van der Waals surface area contributed by atoms with Crippen LogP contribution in [0.2, 0.25) is 0 Å². The molecule has 0 N–H and O–H groups in total. The van der Waals surface area contributed by atoms with E-state index in [-0.39, 0.29) is 0 Å². The van der Waals surface area contributed by atoms with Crippen molar-refractivity contribution in [1.29, 1.82) is 0 Å². The zero-order valence-corrected chi connectivity index (χ0v) is 9.62. The molecule has 80 valence electrons. The second-order valence-corrected chi connectivity index (χ2v) is 4.04. The Hall–Kier alpha value is -1.36. The van der Waals surface area contributed by atoms with Gasteiger partial charge in [-0.3, -0.25) is 9.20 Å². The van der Waals surface area contributed by atoms with Crippen LogP contribution in [0.15, 0.2) is 11.6 Å². The number of carbonyl (C=O) groups excluding carboxylic acids is 1. The fourth-order valence-electron chi connectivity index (χ4n) is 1.66. The number of thiazole rings is 1. The van der Waals surface area contributed by atoms with Crippen molar-refractivity contribution in [2.45, 2.75) is 13.8 Å². The molecule has 5 heteroatoms. The summed E-state index contributed by atoms with van der Waals surface area (Å²) in [7, 11) is 0. The first kappa shape index (κ1) is 10.2. The molecular formula is C10H13N3OS. The van der Waals surface area contributed by atoms with E-state index in [0.29, 0.717) is 5.69 Å². The molecule has 2 aromatic heterocycles. The third-order valence-corrected chi connectivity index (χ3v) is 3.21. The molecule has 0 fully saturated rings. The first-order valence-corrected chi connectivity index (χ1v) is 5.85. The molecule has 0 atom stereocenters. The number of hydrogen-bond acceptors (Lipinski definition) is 4. The van der Waals surface area contributed by atoms with Crippen LogP contribution in [-0.2, 0) is 0 Å². The van der Waals surface area contributed by atoms with E-state index >= 15 is 0 Å². The van der Waals surface area contributed by atoms with Gasteiger partial charge < -0.3 is 4.90 Å².